The zero-order valence-electron chi connectivity index (χ0n) is 10.8. The number of hydrogen-bond acceptors (Lipinski definition) is 2. The summed E-state index contributed by atoms with van der Waals surface area (Å²) < 4.78 is 0. The van der Waals surface area contributed by atoms with Crippen LogP contribution in [0.25, 0.3) is 0 Å². The molecule has 1 aromatic carbocycles. The smallest absolute Gasteiger partial charge is 0.326 e. The first kappa shape index (κ1) is 13.6. The minimum absolute atomic E-state index is 0.157. The van der Waals surface area contributed by atoms with Gasteiger partial charge in [-0.3, -0.25) is 4.79 Å². The predicted octanol–water partition coefficient (Wildman–Crippen LogP) is 1.99. The molecular formula is C15H19NO3. The number of rotatable bonds is 7. The second-order valence-electron chi connectivity index (χ2n) is 5.13. The Bertz CT molecular complexity index is 440. The standard InChI is InChI=1S/C15H19NO3/c17-14(9-8-11-6-7-11)16-13(15(18)19)10-12-4-2-1-3-5-12/h1-5,11,13H,6-10H2,(H,16,17)(H,18,19). The molecule has 102 valence electrons. The van der Waals surface area contributed by atoms with E-state index in [-0.39, 0.29) is 5.91 Å². The summed E-state index contributed by atoms with van der Waals surface area (Å²) >= 11 is 0. The highest BCUT2D eigenvalue weighted by atomic mass is 16.4. The lowest BCUT2D eigenvalue weighted by Crippen LogP contribution is -2.42. The third-order valence-electron chi connectivity index (χ3n) is 3.39. The summed E-state index contributed by atoms with van der Waals surface area (Å²) in [5.74, 6) is -0.456. The molecule has 0 bridgehead atoms. The Morgan fingerprint density at radius 1 is 1.26 bits per heavy atom. The minimum atomic E-state index is -0.983. The van der Waals surface area contributed by atoms with E-state index in [0.29, 0.717) is 18.8 Å². The Labute approximate surface area is 112 Å². The van der Waals surface area contributed by atoms with E-state index in [0.717, 1.165) is 12.0 Å². The number of nitrogens with one attached hydrogen (secondary N) is 1. The summed E-state index contributed by atoms with van der Waals surface area (Å²) in [5.41, 5.74) is 0.914. The molecule has 0 spiro atoms. The molecule has 1 aliphatic carbocycles. The van der Waals surface area contributed by atoms with Crippen molar-refractivity contribution in [3.05, 3.63) is 35.9 Å². The normalized spacial score (nSPS) is 15.8. The molecule has 4 nitrogen and oxygen atoms in total. The first-order chi connectivity index (χ1) is 9.15. The minimum Gasteiger partial charge on any atom is -0.480 e. The van der Waals surface area contributed by atoms with Gasteiger partial charge in [0, 0.05) is 12.8 Å². The van der Waals surface area contributed by atoms with Gasteiger partial charge in [-0.1, -0.05) is 43.2 Å². The molecule has 1 atom stereocenters. The fraction of sp³-hybridized carbons (Fsp3) is 0.467. The van der Waals surface area contributed by atoms with Gasteiger partial charge in [0.25, 0.3) is 0 Å². The Balaban J connectivity index is 1.84. The molecular weight excluding hydrogens is 242 g/mol. The molecule has 0 heterocycles. The van der Waals surface area contributed by atoms with Crippen LogP contribution in [0.1, 0.15) is 31.2 Å². The van der Waals surface area contributed by atoms with Crippen molar-refractivity contribution in [2.75, 3.05) is 0 Å². The second kappa shape index (κ2) is 6.36. The first-order valence-electron chi connectivity index (χ1n) is 6.71. The van der Waals surface area contributed by atoms with Crippen LogP contribution in [0.5, 0.6) is 0 Å². The van der Waals surface area contributed by atoms with Crippen molar-refractivity contribution in [3.63, 3.8) is 0 Å². The fourth-order valence-corrected chi connectivity index (χ4v) is 2.06. The number of carbonyl (C=O) groups excluding carboxylic acids is 1. The van der Waals surface area contributed by atoms with E-state index in [1.807, 2.05) is 30.3 Å². The van der Waals surface area contributed by atoms with Crippen LogP contribution >= 0.6 is 0 Å². The summed E-state index contributed by atoms with van der Waals surface area (Å²) in [7, 11) is 0. The van der Waals surface area contributed by atoms with Crippen LogP contribution in [0.15, 0.2) is 30.3 Å². The molecule has 1 saturated carbocycles. The average molecular weight is 261 g/mol. The van der Waals surface area contributed by atoms with Crippen molar-refractivity contribution in [1.82, 2.24) is 5.32 Å². The van der Waals surface area contributed by atoms with E-state index in [4.69, 9.17) is 5.11 Å². The summed E-state index contributed by atoms with van der Waals surface area (Å²) in [6, 6.07) is 8.51. The number of aliphatic carboxylic acids is 1. The van der Waals surface area contributed by atoms with Crippen LogP contribution in [-0.4, -0.2) is 23.0 Å². The number of benzene rings is 1. The maximum absolute atomic E-state index is 11.7. The molecule has 4 heteroatoms. The number of carboxylic acids is 1. The van der Waals surface area contributed by atoms with Gasteiger partial charge in [-0.25, -0.2) is 4.79 Å². The molecule has 0 aromatic heterocycles. The lowest BCUT2D eigenvalue weighted by atomic mass is 10.1. The van der Waals surface area contributed by atoms with Gasteiger partial charge in [-0.2, -0.15) is 0 Å². The van der Waals surface area contributed by atoms with E-state index >= 15 is 0 Å². The SMILES string of the molecule is O=C(CCC1CC1)NC(Cc1ccccc1)C(=O)O. The van der Waals surface area contributed by atoms with E-state index in [2.05, 4.69) is 5.32 Å². The van der Waals surface area contributed by atoms with Gasteiger partial charge in [0.15, 0.2) is 0 Å². The van der Waals surface area contributed by atoms with Crippen molar-refractivity contribution in [3.8, 4) is 0 Å². The summed E-state index contributed by atoms with van der Waals surface area (Å²) in [6.07, 6.45) is 4.05. The fourth-order valence-electron chi connectivity index (χ4n) is 2.06. The van der Waals surface area contributed by atoms with Crippen molar-refractivity contribution in [1.29, 1.82) is 0 Å². The van der Waals surface area contributed by atoms with Crippen molar-refractivity contribution in [2.45, 2.75) is 38.1 Å². The molecule has 1 amide bonds. The molecule has 0 radical (unpaired) electrons. The second-order valence-corrected chi connectivity index (χ2v) is 5.13. The van der Waals surface area contributed by atoms with Crippen LogP contribution in [0.4, 0.5) is 0 Å². The van der Waals surface area contributed by atoms with Crippen LogP contribution in [-0.2, 0) is 16.0 Å². The molecule has 1 aromatic rings. The number of amides is 1. The monoisotopic (exact) mass is 261 g/mol. The van der Waals surface area contributed by atoms with Gasteiger partial charge < -0.3 is 10.4 Å². The van der Waals surface area contributed by atoms with Crippen LogP contribution in [0.2, 0.25) is 0 Å². The number of carboxylic acid groups (broad SMARTS) is 1. The summed E-state index contributed by atoms with van der Waals surface area (Å²) in [5, 5.41) is 11.8. The van der Waals surface area contributed by atoms with Crippen molar-refractivity contribution in [2.24, 2.45) is 5.92 Å². The quantitative estimate of drug-likeness (QED) is 0.788. The largest absolute Gasteiger partial charge is 0.480 e. The predicted molar refractivity (Wildman–Crippen MR) is 71.7 cm³/mol. The van der Waals surface area contributed by atoms with Crippen LogP contribution in [0.3, 0.4) is 0 Å². The number of hydrogen-bond donors (Lipinski definition) is 2. The van der Waals surface area contributed by atoms with E-state index in [9.17, 15) is 9.59 Å². The van der Waals surface area contributed by atoms with Gasteiger partial charge >= 0.3 is 5.97 Å². The van der Waals surface area contributed by atoms with Crippen LogP contribution < -0.4 is 5.32 Å². The molecule has 2 N–H and O–H groups in total. The topological polar surface area (TPSA) is 66.4 Å². The van der Waals surface area contributed by atoms with Crippen LogP contribution in [0, 0.1) is 5.92 Å². The van der Waals surface area contributed by atoms with Crippen molar-refractivity contribution >= 4 is 11.9 Å². The molecule has 2 rings (SSSR count). The zero-order chi connectivity index (χ0) is 13.7. The molecule has 1 unspecified atom stereocenters. The molecule has 1 fully saturated rings. The Morgan fingerprint density at radius 2 is 1.95 bits per heavy atom. The van der Waals surface area contributed by atoms with Gasteiger partial charge in [0.2, 0.25) is 5.91 Å². The number of carbonyl (C=O) groups is 2. The van der Waals surface area contributed by atoms with Gasteiger partial charge in [0.05, 0.1) is 0 Å². The lowest BCUT2D eigenvalue weighted by molar-refractivity contribution is -0.141. The van der Waals surface area contributed by atoms with E-state index in [1.54, 1.807) is 0 Å². The molecule has 1 aliphatic rings. The molecule has 0 saturated heterocycles. The van der Waals surface area contributed by atoms with Gasteiger partial charge in [-0.15, -0.1) is 0 Å². The Hall–Kier alpha value is -1.84. The lowest BCUT2D eigenvalue weighted by Gasteiger charge is -2.14. The van der Waals surface area contributed by atoms with Gasteiger partial charge in [-0.05, 0) is 17.9 Å². The molecule has 0 aliphatic heterocycles. The maximum atomic E-state index is 11.7. The van der Waals surface area contributed by atoms with Crippen molar-refractivity contribution < 1.29 is 14.7 Å². The Morgan fingerprint density at radius 3 is 2.53 bits per heavy atom. The third kappa shape index (κ3) is 4.73. The highest BCUT2D eigenvalue weighted by Gasteiger charge is 2.24. The summed E-state index contributed by atoms with van der Waals surface area (Å²) in [4.78, 5) is 22.9. The highest BCUT2D eigenvalue weighted by Crippen LogP contribution is 2.33. The highest BCUT2D eigenvalue weighted by molar-refractivity contribution is 5.83. The van der Waals surface area contributed by atoms with Gasteiger partial charge in [0.1, 0.15) is 6.04 Å². The summed E-state index contributed by atoms with van der Waals surface area (Å²) in [6.45, 7) is 0. The van der Waals surface area contributed by atoms with E-state index < -0.39 is 12.0 Å². The molecule has 19 heavy (non-hydrogen) atoms. The Kier molecular flexibility index (Phi) is 4.55. The zero-order valence-corrected chi connectivity index (χ0v) is 10.8. The third-order valence-corrected chi connectivity index (χ3v) is 3.39. The average Bonchev–Trinajstić information content (AvgIpc) is 3.21. The maximum Gasteiger partial charge on any atom is 0.326 e. The van der Waals surface area contributed by atoms with E-state index in [1.165, 1.54) is 12.8 Å². The first-order valence-corrected chi connectivity index (χ1v) is 6.71.